The van der Waals surface area contributed by atoms with Crippen LogP contribution in [-0.2, 0) is 9.59 Å². The maximum Gasteiger partial charge on any atom is 0.317 e. The molecule has 1 aliphatic heterocycles. The highest BCUT2D eigenvalue weighted by Gasteiger charge is 2.32. The molecule has 2 rings (SSSR count). The predicted octanol–water partition coefficient (Wildman–Crippen LogP) is 0.265. The smallest absolute Gasteiger partial charge is 0.317 e. The zero-order chi connectivity index (χ0) is 15.4. The number of carboxylic acids is 1. The summed E-state index contributed by atoms with van der Waals surface area (Å²) >= 11 is 0. The van der Waals surface area contributed by atoms with Crippen molar-refractivity contribution in [2.24, 2.45) is 17.8 Å². The Morgan fingerprint density at radius 3 is 2.52 bits per heavy atom. The molecule has 0 aromatic heterocycles. The van der Waals surface area contributed by atoms with Gasteiger partial charge in [-0.1, -0.05) is 6.92 Å². The third-order valence-electron chi connectivity index (χ3n) is 3.98. The predicted molar refractivity (Wildman–Crippen MR) is 75.6 cm³/mol. The fourth-order valence-corrected chi connectivity index (χ4v) is 2.61. The maximum atomic E-state index is 12.0. The molecule has 2 unspecified atom stereocenters. The van der Waals surface area contributed by atoms with Crippen LogP contribution >= 0.6 is 0 Å². The summed E-state index contributed by atoms with van der Waals surface area (Å²) in [6.07, 6.45) is 2.91. The quantitative estimate of drug-likeness (QED) is 0.678. The van der Waals surface area contributed by atoms with E-state index >= 15 is 0 Å². The second-order valence-electron chi connectivity index (χ2n) is 6.19. The molecule has 0 spiro atoms. The summed E-state index contributed by atoms with van der Waals surface area (Å²) in [7, 11) is 0. The topological polar surface area (TPSA) is 98.7 Å². The number of piperidine rings is 1. The lowest BCUT2D eigenvalue weighted by atomic mass is 9.91. The van der Waals surface area contributed by atoms with E-state index in [1.54, 1.807) is 0 Å². The molecule has 1 aliphatic carbocycles. The normalized spacial score (nSPS) is 25.3. The summed E-state index contributed by atoms with van der Waals surface area (Å²) in [5, 5.41) is 14.4. The van der Waals surface area contributed by atoms with Crippen LogP contribution in [0.4, 0.5) is 4.79 Å². The molecule has 2 atom stereocenters. The van der Waals surface area contributed by atoms with Crippen LogP contribution in [0.3, 0.4) is 0 Å². The second kappa shape index (κ2) is 6.78. The number of aliphatic carboxylic acids is 1. The number of urea groups is 1. The molecule has 0 radical (unpaired) electrons. The summed E-state index contributed by atoms with van der Waals surface area (Å²) < 4.78 is 0. The Morgan fingerprint density at radius 2 is 1.90 bits per heavy atom. The van der Waals surface area contributed by atoms with E-state index in [2.05, 4.69) is 10.6 Å². The summed E-state index contributed by atoms with van der Waals surface area (Å²) in [6, 6.07) is -0.366. The third-order valence-corrected chi connectivity index (χ3v) is 3.98. The monoisotopic (exact) mass is 297 g/mol. The van der Waals surface area contributed by atoms with Crippen molar-refractivity contribution in [1.29, 1.82) is 0 Å². The number of nitrogens with zero attached hydrogens (tertiary/aromatic N) is 1. The van der Waals surface area contributed by atoms with Crippen LogP contribution in [0.5, 0.6) is 0 Å². The van der Waals surface area contributed by atoms with Crippen LogP contribution in [0.25, 0.3) is 0 Å². The van der Waals surface area contributed by atoms with Gasteiger partial charge in [0.25, 0.3) is 0 Å². The van der Waals surface area contributed by atoms with Crippen LogP contribution in [0.1, 0.15) is 26.2 Å². The van der Waals surface area contributed by atoms with E-state index in [0.29, 0.717) is 25.4 Å². The molecule has 3 amide bonds. The van der Waals surface area contributed by atoms with Gasteiger partial charge >= 0.3 is 12.0 Å². The Kier molecular flexibility index (Phi) is 5.03. The minimum Gasteiger partial charge on any atom is -0.481 e. The summed E-state index contributed by atoms with van der Waals surface area (Å²) in [5.74, 6) is -0.849. The Labute approximate surface area is 124 Å². The van der Waals surface area contributed by atoms with Gasteiger partial charge in [-0.05, 0) is 31.1 Å². The average Bonchev–Trinajstić information content (AvgIpc) is 3.25. The van der Waals surface area contributed by atoms with E-state index in [1.165, 1.54) is 4.90 Å². The summed E-state index contributed by atoms with van der Waals surface area (Å²) in [6.45, 7) is 3.27. The van der Waals surface area contributed by atoms with Crippen molar-refractivity contribution < 1.29 is 19.5 Å². The Bertz CT molecular complexity index is 422. The molecule has 2 aliphatic rings. The zero-order valence-electron chi connectivity index (χ0n) is 12.3. The molecule has 21 heavy (non-hydrogen) atoms. The number of nitrogens with one attached hydrogen (secondary N) is 2. The lowest BCUT2D eigenvalue weighted by Crippen LogP contribution is -2.51. The fraction of sp³-hybridized carbons (Fsp3) is 0.786. The van der Waals surface area contributed by atoms with Crippen molar-refractivity contribution in [2.45, 2.75) is 26.2 Å². The van der Waals surface area contributed by atoms with Gasteiger partial charge < -0.3 is 20.6 Å². The van der Waals surface area contributed by atoms with E-state index in [9.17, 15) is 14.4 Å². The molecule has 7 nitrogen and oxygen atoms in total. The largest absolute Gasteiger partial charge is 0.481 e. The van der Waals surface area contributed by atoms with E-state index in [1.807, 2.05) is 6.92 Å². The van der Waals surface area contributed by atoms with E-state index < -0.39 is 11.9 Å². The van der Waals surface area contributed by atoms with E-state index in [-0.39, 0.29) is 30.9 Å². The molecule has 1 saturated heterocycles. The number of likely N-dealkylation sites (tertiary alicyclic amines) is 1. The first kappa shape index (κ1) is 15.6. The van der Waals surface area contributed by atoms with Crippen LogP contribution in [-0.4, -0.2) is 54.1 Å². The molecule has 3 N–H and O–H groups in total. The number of hydrogen-bond donors (Lipinski definition) is 3. The SMILES string of the molecule is CC1CC(C(=O)O)CN(C(=O)NCC(=O)NCC2CC2)C1. The van der Waals surface area contributed by atoms with Crippen molar-refractivity contribution in [3.05, 3.63) is 0 Å². The van der Waals surface area contributed by atoms with Crippen molar-refractivity contribution in [3.8, 4) is 0 Å². The maximum absolute atomic E-state index is 12.0. The number of carboxylic acid groups (broad SMARTS) is 1. The molecule has 7 heteroatoms. The van der Waals surface area contributed by atoms with Gasteiger partial charge in [0.1, 0.15) is 0 Å². The highest BCUT2D eigenvalue weighted by atomic mass is 16.4. The average molecular weight is 297 g/mol. The first-order chi connectivity index (χ1) is 9.95. The molecular formula is C14H23N3O4. The summed E-state index contributed by atoms with van der Waals surface area (Å²) in [5.41, 5.74) is 0. The number of hydrogen-bond acceptors (Lipinski definition) is 3. The fourth-order valence-electron chi connectivity index (χ4n) is 2.61. The van der Waals surface area contributed by atoms with Crippen LogP contribution < -0.4 is 10.6 Å². The first-order valence-electron chi connectivity index (χ1n) is 7.48. The van der Waals surface area contributed by atoms with Crippen LogP contribution in [0.15, 0.2) is 0 Å². The van der Waals surface area contributed by atoms with Gasteiger partial charge in [0.2, 0.25) is 5.91 Å². The van der Waals surface area contributed by atoms with E-state index in [4.69, 9.17) is 5.11 Å². The molecule has 2 fully saturated rings. The number of amides is 3. The standard InChI is InChI=1S/C14H23N3O4/c1-9-4-11(13(19)20)8-17(7-9)14(21)16-6-12(18)15-5-10-2-3-10/h9-11H,2-8H2,1H3,(H,15,18)(H,16,21)(H,19,20). The van der Waals surface area contributed by atoms with Gasteiger partial charge in [-0.25, -0.2) is 4.79 Å². The Morgan fingerprint density at radius 1 is 1.19 bits per heavy atom. The van der Waals surface area contributed by atoms with Gasteiger partial charge in [-0.15, -0.1) is 0 Å². The van der Waals surface area contributed by atoms with Gasteiger partial charge in [0.15, 0.2) is 0 Å². The van der Waals surface area contributed by atoms with Gasteiger partial charge in [0, 0.05) is 19.6 Å². The van der Waals surface area contributed by atoms with Crippen LogP contribution in [0, 0.1) is 17.8 Å². The second-order valence-corrected chi connectivity index (χ2v) is 6.19. The summed E-state index contributed by atoms with van der Waals surface area (Å²) in [4.78, 5) is 36.1. The molecule has 0 bridgehead atoms. The Hall–Kier alpha value is -1.79. The molecule has 118 valence electrons. The molecule has 1 heterocycles. The number of rotatable bonds is 5. The first-order valence-corrected chi connectivity index (χ1v) is 7.48. The lowest BCUT2D eigenvalue weighted by Gasteiger charge is -2.34. The molecular weight excluding hydrogens is 274 g/mol. The number of carbonyl (C=O) groups is 3. The van der Waals surface area contributed by atoms with Gasteiger partial charge in [-0.2, -0.15) is 0 Å². The van der Waals surface area contributed by atoms with Crippen LogP contribution in [0.2, 0.25) is 0 Å². The molecule has 1 saturated carbocycles. The lowest BCUT2D eigenvalue weighted by molar-refractivity contribution is -0.143. The molecule has 0 aromatic rings. The van der Waals surface area contributed by atoms with Gasteiger partial charge in [-0.3, -0.25) is 9.59 Å². The minimum atomic E-state index is -0.874. The van der Waals surface area contributed by atoms with Crippen molar-refractivity contribution in [3.63, 3.8) is 0 Å². The highest BCUT2D eigenvalue weighted by Crippen LogP contribution is 2.27. The minimum absolute atomic E-state index is 0.0613. The van der Waals surface area contributed by atoms with E-state index in [0.717, 1.165) is 12.8 Å². The number of carbonyl (C=O) groups excluding carboxylic acids is 2. The van der Waals surface area contributed by atoms with Crippen molar-refractivity contribution in [2.75, 3.05) is 26.2 Å². The Balaban J connectivity index is 1.73. The third kappa shape index (κ3) is 4.91. The van der Waals surface area contributed by atoms with Gasteiger partial charge in [0.05, 0.1) is 12.5 Å². The zero-order valence-corrected chi connectivity index (χ0v) is 12.3. The highest BCUT2D eigenvalue weighted by molar-refractivity contribution is 5.84. The van der Waals surface area contributed by atoms with Crippen molar-refractivity contribution >= 4 is 17.9 Å². The van der Waals surface area contributed by atoms with Crippen molar-refractivity contribution in [1.82, 2.24) is 15.5 Å². The molecule has 0 aromatic carbocycles.